The average molecular weight is 609 g/mol. The van der Waals surface area contributed by atoms with Gasteiger partial charge in [0.1, 0.15) is 5.56 Å². The summed E-state index contributed by atoms with van der Waals surface area (Å²) in [5.74, 6) is 3.63. The van der Waals surface area contributed by atoms with Crippen LogP contribution in [0.2, 0.25) is 0 Å². The first kappa shape index (κ1) is 28.2. The van der Waals surface area contributed by atoms with Crippen molar-refractivity contribution in [3.8, 4) is 0 Å². The summed E-state index contributed by atoms with van der Waals surface area (Å²) in [5, 5.41) is 15.6. The van der Waals surface area contributed by atoms with Crippen LogP contribution in [-0.2, 0) is 0 Å². The van der Waals surface area contributed by atoms with Crippen molar-refractivity contribution in [2.75, 3.05) is 10.3 Å². The van der Waals surface area contributed by atoms with E-state index in [4.69, 9.17) is 5.84 Å². The van der Waals surface area contributed by atoms with Crippen molar-refractivity contribution in [3.05, 3.63) is 163 Å². The van der Waals surface area contributed by atoms with Gasteiger partial charge in [-0.05, 0) is 30.3 Å². The number of nitrogens with zero attached hydrogens (tertiary/aromatic N) is 2. The number of nitro benzene ring substituents is 1. The van der Waals surface area contributed by atoms with Gasteiger partial charge in [-0.3, -0.25) is 39.1 Å². The molecule has 46 heavy (non-hydrogen) atoms. The Morgan fingerprint density at radius 2 is 1.11 bits per heavy atom. The first-order valence-electron chi connectivity index (χ1n) is 14.0. The van der Waals surface area contributed by atoms with Crippen LogP contribution >= 0.6 is 0 Å². The number of nitrogens with two attached hydrogens (primary N) is 1. The molecule has 5 aromatic carbocycles. The zero-order valence-electron chi connectivity index (χ0n) is 23.6. The highest BCUT2D eigenvalue weighted by Crippen LogP contribution is 2.42. The van der Waals surface area contributed by atoms with Crippen LogP contribution < -0.4 is 16.2 Å². The predicted molar refractivity (Wildman–Crippen MR) is 167 cm³/mol. The predicted octanol–water partition coefficient (Wildman–Crippen LogP) is 5.41. The highest BCUT2D eigenvalue weighted by molar-refractivity contribution is 6.34. The molecule has 3 N–H and O–H groups in total. The lowest BCUT2D eigenvalue weighted by Gasteiger charge is -2.29. The van der Waals surface area contributed by atoms with Gasteiger partial charge in [0.2, 0.25) is 5.78 Å². The van der Waals surface area contributed by atoms with Crippen molar-refractivity contribution in [2.24, 2.45) is 5.84 Å². The quantitative estimate of drug-likeness (QED) is 0.147. The van der Waals surface area contributed by atoms with Crippen LogP contribution in [0.25, 0.3) is 0 Å². The Hall–Kier alpha value is -6.59. The van der Waals surface area contributed by atoms with Gasteiger partial charge < -0.3 is 5.32 Å². The van der Waals surface area contributed by atoms with E-state index in [2.05, 4.69) is 5.32 Å². The average Bonchev–Trinajstić information content (AvgIpc) is 3.08. The van der Waals surface area contributed by atoms with Crippen molar-refractivity contribution in [1.29, 1.82) is 0 Å². The second-order valence-corrected chi connectivity index (χ2v) is 10.6. The fraction of sp³-hybridized carbons (Fsp3) is 0. The Labute approximate surface area is 260 Å². The molecule has 2 aliphatic carbocycles. The van der Waals surface area contributed by atoms with Gasteiger partial charge in [-0.15, -0.1) is 0 Å². The van der Waals surface area contributed by atoms with Crippen LogP contribution in [0.4, 0.5) is 22.7 Å². The van der Waals surface area contributed by atoms with Crippen molar-refractivity contribution in [3.63, 3.8) is 0 Å². The molecule has 0 saturated carbocycles. The van der Waals surface area contributed by atoms with Gasteiger partial charge in [0.05, 0.1) is 38.7 Å². The molecule has 0 bridgehead atoms. The zero-order chi connectivity index (χ0) is 32.3. The number of carbonyl (C=O) groups excluding carboxylic acids is 5. The molecule has 5 aromatic rings. The summed E-state index contributed by atoms with van der Waals surface area (Å²) in [7, 11) is 0. The van der Waals surface area contributed by atoms with E-state index in [1.54, 1.807) is 42.5 Å². The standard InChI is InChI=1S/C35H20N4O7/c36-38(25-16-17-26(39(45)46)30-29(25)31(40)19-10-4-5-11-20(19)32(30)41)24-15-7-13-22-28(24)34(43)21-12-6-14-23(27(21)33(22)42)37-35(44)18-8-2-1-3-9-18/h1-17H,36H2,(H,37,44). The highest BCUT2D eigenvalue weighted by atomic mass is 16.6. The summed E-state index contributed by atoms with van der Waals surface area (Å²) in [6.07, 6.45) is 0. The van der Waals surface area contributed by atoms with Crippen LogP contribution in [0, 0.1) is 10.1 Å². The van der Waals surface area contributed by atoms with Crippen LogP contribution in [0.5, 0.6) is 0 Å². The number of nitrogens with one attached hydrogen (secondary N) is 1. The van der Waals surface area contributed by atoms with Crippen LogP contribution in [0.1, 0.15) is 74.0 Å². The lowest BCUT2D eigenvalue weighted by Crippen LogP contribution is -2.33. The number of amides is 1. The van der Waals surface area contributed by atoms with E-state index < -0.39 is 45.2 Å². The third kappa shape index (κ3) is 4.14. The molecule has 0 aromatic heterocycles. The molecule has 0 radical (unpaired) electrons. The molecule has 0 aliphatic heterocycles. The number of anilines is 3. The molecular formula is C35H20N4O7. The van der Waals surface area contributed by atoms with Gasteiger partial charge >= 0.3 is 0 Å². The molecule has 0 saturated heterocycles. The Kier molecular flexibility index (Phi) is 6.46. The fourth-order valence-corrected chi connectivity index (χ4v) is 5.98. The minimum atomic E-state index is -0.750. The summed E-state index contributed by atoms with van der Waals surface area (Å²) < 4.78 is 0. The Morgan fingerprint density at radius 1 is 0.587 bits per heavy atom. The van der Waals surface area contributed by atoms with Crippen LogP contribution in [0.15, 0.2) is 103 Å². The van der Waals surface area contributed by atoms with Crippen molar-refractivity contribution in [2.45, 2.75) is 0 Å². The summed E-state index contributed by atoms with van der Waals surface area (Å²) in [6, 6.07) is 25.6. The Balaban J connectivity index is 1.35. The van der Waals surface area contributed by atoms with E-state index in [0.29, 0.717) is 5.56 Å². The van der Waals surface area contributed by atoms with Crippen LogP contribution in [-0.4, -0.2) is 34.0 Å². The molecular weight excluding hydrogens is 588 g/mol. The summed E-state index contributed by atoms with van der Waals surface area (Å²) in [5.41, 5.74) is -0.791. The Bertz CT molecular complexity index is 2230. The molecule has 0 atom stereocenters. The maximum absolute atomic E-state index is 14.1. The van der Waals surface area contributed by atoms with Gasteiger partial charge in [-0.25, -0.2) is 5.84 Å². The number of hydrazine groups is 1. The zero-order valence-corrected chi connectivity index (χ0v) is 23.6. The van der Waals surface area contributed by atoms with E-state index in [1.807, 2.05) is 0 Å². The molecule has 11 heteroatoms. The normalized spacial score (nSPS) is 12.9. The van der Waals surface area contributed by atoms with Crippen molar-refractivity contribution >= 4 is 51.8 Å². The SMILES string of the molecule is NN(c1cccc2c1C(=O)c1cccc(NC(=O)c3ccccc3)c1C2=O)c1ccc([N+](=O)[O-])c2c1C(=O)c1ccccc1C2=O. The van der Waals surface area contributed by atoms with E-state index in [-0.39, 0.29) is 56.0 Å². The van der Waals surface area contributed by atoms with Gasteiger partial charge in [0.15, 0.2) is 17.3 Å². The van der Waals surface area contributed by atoms with Gasteiger partial charge in [0, 0.05) is 33.9 Å². The third-order valence-corrected chi connectivity index (χ3v) is 8.08. The number of rotatable bonds is 5. The Morgan fingerprint density at radius 3 is 1.78 bits per heavy atom. The lowest BCUT2D eigenvalue weighted by molar-refractivity contribution is -0.385. The summed E-state index contributed by atoms with van der Waals surface area (Å²) in [6.45, 7) is 0. The van der Waals surface area contributed by atoms with Gasteiger partial charge in [-0.2, -0.15) is 0 Å². The maximum atomic E-state index is 14.1. The molecule has 1 amide bonds. The van der Waals surface area contributed by atoms with Gasteiger partial charge in [0.25, 0.3) is 11.6 Å². The van der Waals surface area contributed by atoms with Crippen LogP contribution in [0.3, 0.4) is 0 Å². The number of fused-ring (bicyclic) bond motifs is 4. The number of nitro groups is 1. The summed E-state index contributed by atoms with van der Waals surface area (Å²) in [4.78, 5) is 79.4. The fourth-order valence-electron chi connectivity index (χ4n) is 5.98. The number of ketones is 4. The second kappa shape index (κ2) is 10.5. The largest absolute Gasteiger partial charge is 0.321 e. The number of hydrogen-bond acceptors (Lipinski definition) is 9. The first-order chi connectivity index (χ1) is 22.2. The van der Waals surface area contributed by atoms with E-state index in [1.165, 1.54) is 54.6 Å². The minimum absolute atomic E-state index is 0.00427. The topological polar surface area (TPSA) is 170 Å². The van der Waals surface area contributed by atoms with E-state index >= 15 is 0 Å². The molecule has 7 rings (SSSR count). The first-order valence-corrected chi connectivity index (χ1v) is 14.0. The number of benzene rings is 5. The van der Waals surface area contributed by atoms with E-state index in [0.717, 1.165) is 11.1 Å². The molecule has 2 aliphatic rings. The molecule has 0 fully saturated rings. The van der Waals surface area contributed by atoms with Crippen molar-refractivity contribution < 1.29 is 28.9 Å². The van der Waals surface area contributed by atoms with Crippen molar-refractivity contribution in [1.82, 2.24) is 0 Å². The molecule has 11 nitrogen and oxygen atoms in total. The molecule has 222 valence electrons. The van der Waals surface area contributed by atoms with Gasteiger partial charge in [-0.1, -0.05) is 66.7 Å². The molecule has 0 heterocycles. The second-order valence-electron chi connectivity index (χ2n) is 10.6. The lowest BCUT2D eigenvalue weighted by atomic mass is 9.81. The number of carbonyl (C=O) groups is 5. The third-order valence-electron chi connectivity index (χ3n) is 8.08. The maximum Gasteiger partial charge on any atom is 0.281 e. The monoisotopic (exact) mass is 608 g/mol. The smallest absolute Gasteiger partial charge is 0.281 e. The molecule has 0 spiro atoms. The number of hydrogen-bond donors (Lipinski definition) is 2. The highest BCUT2D eigenvalue weighted by Gasteiger charge is 2.40. The van der Waals surface area contributed by atoms with E-state index in [9.17, 15) is 34.1 Å². The minimum Gasteiger partial charge on any atom is -0.321 e. The molecule has 0 unspecified atom stereocenters. The summed E-state index contributed by atoms with van der Waals surface area (Å²) >= 11 is 0.